The van der Waals surface area contributed by atoms with Crippen LogP contribution in [0.1, 0.15) is 29.8 Å². The first-order chi connectivity index (χ1) is 9.45. The van der Waals surface area contributed by atoms with Crippen molar-refractivity contribution in [3.8, 4) is 6.07 Å². The zero-order valence-corrected chi connectivity index (χ0v) is 12.4. The van der Waals surface area contributed by atoms with Gasteiger partial charge < -0.3 is 9.64 Å². The number of carbonyl (C=O) groups excluding carboxylic acids is 1. The minimum absolute atomic E-state index is 0.0546. The van der Waals surface area contributed by atoms with Gasteiger partial charge in [-0.2, -0.15) is 5.26 Å². The van der Waals surface area contributed by atoms with Gasteiger partial charge in [-0.05, 0) is 38.1 Å². The number of benzene rings is 1. The summed E-state index contributed by atoms with van der Waals surface area (Å²) in [7, 11) is 0. The molecule has 0 bridgehead atoms. The van der Waals surface area contributed by atoms with Crippen LogP contribution in [0.5, 0.6) is 0 Å². The van der Waals surface area contributed by atoms with Crippen molar-refractivity contribution in [3.05, 3.63) is 35.4 Å². The Kier molecular flexibility index (Phi) is 4.32. The first-order valence-corrected chi connectivity index (χ1v) is 7.02. The number of hydrogen-bond donors (Lipinski definition) is 0. The topological polar surface area (TPSA) is 53.3 Å². The van der Waals surface area contributed by atoms with Crippen LogP contribution in [0.25, 0.3) is 0 Å². The highest BCUT2D eigenvalue weighted by Gasteiger charge is 2.35. The fourth-order valence-electron chi connectivity index (χ4n) is 2.40. The zero-order valence-electron chi connectivity index (χ0n) is 11.6. The van der Waals surface area contributed by atoms with Gasteiger partial charge in [-0.3, -0.25) is 4.79 Å². The second-order valence-corrected chi connectivity index (χ2v) is 5.84. The van der Waals surface area contributed by atoms with Crippen molar-refractivity contribution >= 4 is 17.5 Å². The van der Waals surface area contributed by atoms with E-state index in [4.69, 9.17) is 21.6 Å². The van der Waals surface area contributed by atoms with Crippen LogP contribution < -0.4 is 0 Å². The molecule has 1 aliphatic rings. The van der Waals surface area contributed by atoms with Crippen LogP contribution in [0, 0.1) is 11.3 Å². The quantitative estimate of drug-likeness (QED) is 0.787. The van der Waals surface area contributed by atoms with Gasteiger partial charge in [-0.25, -0.2) is 0 Å². The number of alkyl halides is 1. The van der Waals surface area contributed by atoms with Crippen molar-refractivity contribution in [3.63, 3.8) is 0 Å². The van der Waals surface area contributed by atoms with E-state index < -0.39 is 5.60 Å². The van der Waals surface area contributed by atoms with Gasteiger partial charge >= 0.3 is 0 Å². The Balaban J connectivity index is 2.17. The van der Waals surface area contributed by atoms with E-state index in [2.05, 4.69) is 0 Å². The Hall–Kier alpha value is -1.57. The van der Waals surface area contributed by atoms with Gasteiger partial charge in [0.05, 0.1) is 29.2 Å². The Morgan fingerprint density at radius 2 is 2.15 bits per heavy atom. The number of morpholine rings is 1. The van der Waals surface area contributed by atoms with Crippen molar-refractivity contribution in [1.82, 2.24) is 4.90 Å². The first kappa shape index (κ1) is 14.8. The minimum atomic E-state index is -0.403. The number of halogens is 1. The lowest BCUT2D eigenvalue weighted by Gasteiger charge is -2.42. The van der Waals surface area contributed by atoms with E-state index in [1.165, 1.54) is 0 Å². The lowest BCUT2D eigenvalue weighted by molar-refractivity contribution is -0.117. The highest BCUT2D eigenvalue weighted by atomic mass is 35.5. The molecular formula is C15H17ClN2O2. The Bertz CT molecular complexity index is 534. The average Bonchev–Trinajstić information content (AvgIpc) is 2.44. The van der Waals surface area contributed by atoms with Crippen LogP contribution in [0.4, 0.5) is 0 Å². The van der Waals surface area contributed by atoms with Crippen LogP contribution in [0.15, 0.2) is 24.3 Å². The smallest absolute Gasteiger partial charge is 0.254 e. The van der Waals surface area contributed by atoms with E-state index in [-0.39, 0.29) is 12.0 Å². The number of nitrogens with zero attached hydrogens (tertiary/aromatic N) is 2. The molecule has 0 saturated carbocycles. The van der Waals surface area contributed by atoms with Crippen molar-refractivity contribution < 1.29 is 9.53 Å². The van der Waals surface area contributed by atoms with Crippen LogP contribution in [-0.2, 0) is 4.74 Å². The molecule has 1 heterocycles. The average molecular weight is 293 g/mol. The maximum atomic E-state index is 12.5. The normalized spacial score (nSPS) is 21.3. The Morgan fingerprint density at radius 1 is 1.50 bits per heavy atom. The molecule has 1 aliphatic heterocycles. The molecule has 20 heavy (non-hydrogen) atoms. The van der Waals surface area contributed by atoms with Crippen LogP contribution >= 0.6 is 11.6 Å². The molecule has 1 unspecified atom stereocenters. The van der Waals surface area contributed by atoms with E-state index in [1.54, 1.807) is 29.2 Å². The predicted octanol–water partition coefficient (Wildman–Crippen LogP) is 2.42. The first-order valence-electron chi connectivity index (χ1n) is 6.48. The number of carbonyl (C=O) groups is 1. The molecule has 0 radical (unpaired) electrons. The summed E-state index contributed by atoms with van der Waals surface area (Å²) in [5.41, 5.74) is 0.720. The highest BCUT2D eigenvalue weighted by Crippen LogP contribution is 2.23. The molecule has 106 valence electrons. The van der Waals surface area contributed by atoms with Crippen molar-refractivity contribution in [2.45, 2.75) is 25.6 Å². The van der Waals surface area contributed by atoms with E-state index in [1.807, 2.05) is 19.9 Å². The number of hydrogen-bond acceptors (Lipinski definition) is 3. The summed E-state index contributed by atoms with van der Waals surface area (Å²) in [6, 6.07) is 8.70. The molecule has 1 saturated heterocycles. The standard InChI is InChI=1S/C15H17ClN2O2/c1-15(2)10-18(9-13(7-16)20-15)14(19)12-5-3-11(8-17)4-6-12/h3-6,13H,7,9-10H2,1-2H3. The molecule has 1 atom stereocenters. The second-order valence-electron chi connectivity index (χ2n) is 5.53. The molecular weight excluding hydrogens is 276 g/mol. The lowest BCUT2D eigenvalue weighted by atomic mass is 10.0. The van der Waals surface area contributed by atoms with E-state index in [0.717, 1.165) is 0 Å². The third-order valence-corrected chi connectivity index (χ3v) is 3.55. The van der Waals surface area contributed by atoms with Gasteiger partial charge in [0.25, 0.3) is 5.91 Å². The SMILES string of the molecule is CC1(C)CN(C(=O)c2ccc(C#N)cc2)CC(CCl)O1. The third kappa shape index (κ3) is 3.30. The van der Waals surface area contributed by atoms with Gasteiger partial charge in [-0.1, -0.05) is 0 Å². The maximum Gasteiger partial charge on any atom is 0.254 e. The van der Waals surface area contributed by atoms with Crippen LogP contribution in [-0.4, -0.2) is 41.5 Å². The lowest BCUT2D eigenvalue weighted by Crippen LogP contribution is -2.55. The van der Waals surface area contributed by atoms with E-state index >= 15 is 0 Å². The fourth-order valence-corrected chi connectivity index (χ4v) is 2.56. The number of nitriles is 1. The third-order valence-electron chi connectivity index (χ3n) is 3.20. The van der Waals surface area contributed by atoms with Gasteiger partial charge in [0.2, 0.25) is 0 Å². The molecule has 2 rings (SSSR count). The molecule has 1 fully saturated rings. The van der Waals surface area contributed by atoms with Gasteiger partial charge in [0.1, 0.15) is 0 Å². The predicted molar refractivity (Wildman–Crippen MR) is 76.7 cm³/mol. The minimum Gasteiger partial charge on any atom is -0.367 e. The number of amides is 1. The summed E-state index contributed by atoms with van der Waals surface area (Å²) < 4.78 is 5.81. The molecule has 5 heteroatoms. The van der Waals surface area contributed by atoms with Crippen molar-refractivity contribution in [1.29, 1.82) is 5.26 Å². The monoisotopic (exact) mass is 292 g/mol. The van der Waals surface area contributed by atoms with E-state index in [9.17, 15) is 4.79 Å². The second kappa shape index (κ2) is 5.82. The number of ether oxygens (including phenoxy) is 1. The van der Waals surface area contributed by atoms with E-state index in [0.29, 0.717) is 30.1 Å². The maximum absolute atomic E-state index is 12.5. The van der Waals surface area contributed by atoms with Crippen LogP contribution in [0.2, 0.25) is 0 Å². The number of rotatable bonds is 2. The Labute approximate surface area is 123 Å². The molecule has 1 amide bonds. The van der Waals surface area contributed by atoms with Gasteiger partial charge in [0, 0.05) is 18.7 Å². The Morgan fingerprint density at radius 3 is 2.70 bits per heavy atom. The highest BCUT2D eigenvalue weighted by molar-refractivity contribution is 6.18. The summed E-state index contributed by atoms with van der Waals surface area (Å²) in [5.74, 6) is 0.307. The summed E-state index contributed by atoms with van der Waals surface area (Å²) in [4.78, 5) is 14.3. The summed E-state index contributed by atoms with van der Waals surface area (Å²) in [6.07, 6.45) is -0.150. The largest absolute Gasteiger partial charge is 0.367 e. The van der Waals surface area contributed by atoms with Crippen LogP contribution in [0.3, 0.4) is 0 Å². The summed E-state index contributed by atoms with van der Waals surface area (Å²) >= 11 is 5.86. The van der Waals surface area contributed by atoms with Crippen molar-refractivity contribution in [2.24, 2.45) is 0 Å². The van der Waals surface area contributed by atoms with Gasteiger partial charge in [0.15, 0.2) is 0 Å². The van der Waals surface area contributed by atoms with Gasteiger partial charge in [-0.15, -0.1) is 11.6 Å². The van der Waals surface area contributed by atoms with Crippen molar-refractivity contribution in [2.75, 3.05) is 19.0 Å². The molecule has 1 aromatic rings. The molecule has 4 nitrogen and oxygen atoms in total. The molecule has 0 aliphatic carbocycles. The molecule has 0 N–H and O–H groups in total. The molecule has 0 aromatic heterocycles. The summed E-state index contributed by atoms with van der Waals surface area (Å²) in [6.45, 7) is 4.92. The summed E-state index contributed by atoms with van der Waals surface area (Å²) in [5, 5.41) is 8.77. The molecule has 1 aromatic carbocycles. The zero-order chi connectivity index (χ0) is 14.8. The fraction of sp³-hybridized carbons (Fsp3) is 0.467. The molecule has 0 spiro atoms.